The Kier molecular flexibility index (Phi) is 5.86. The van der Waals surface area contributed by atoms with Crippen molar-refractivity contribution in [2.24, 2.45) is 0 Å². The van der Waals surface area contributed by atoms with Gasteiger partial charge in [0, 0.05) is 18.9 Å². The van der Waals surface area contributed by atoms with Gasteiger partial charge >= 0.3 is 0 Å². The lowest BCUT2D eigenvalue weighted by Crippen LogP contribution is -2.34. The van der Waals surface area contributed by atoms with Crippen molar-refractivity contribution in [1.29, 1.82) is 0 Å². The number of hydrogen-bond donors (Lipinski definition) is 1. The molecule has 1 amide bonds. The van der Waals surface area contributed by atoms with E-state index in [4.69, 9.17) is 16.0 Å². The molecule has 0 spiro atoms. The van der Waals surface area contributed by atoms with Crippen LogP contribution in [0.3, 0.4) is 0 Å². The van der Waals surface area contributed by atoms with Gasteiger partial charge in [0.05, 0.1) is 10.6 Å². The van der Waals surface area contributed by atoms with Gasteiger partial charge in [0.25, 0.3) is 0 Å². The number of benzene rings is 1. The summed E-state index contributed by atoms with van der Waals surface area (Å²) in [5.41, 5.74) is 0.709. The molecule has 5 nitrogen and oxygen atoms in total. The number of carbonyl (C=O) groups is 1. The predicted molar refractivity (Wildman–Crippen MR) is 92.7 cm³/mol. The number of carbonyl (C=O) groups excluding carboxylic acids is 1. The van der Waals surface area contributed by atoms with Crippen molar-refractivity contribution in [3.8, 4) is 11.5 Å². The van der Waals surface area contributed by atoms with Crippen molar-refractivity contribution in [1.82, 2.24) is 15.5 Å². The third-order valence-corrected chi connectivity index (χ3v) is 4.69. The number of aryl methyl sites for hydroxylation is 1. The maximum absolute atomic E-state index is 12.1. The lowest BCUT2D eigenvalue weighted by Gasteiger charge is -2.15. The Balaban J connectivity index is 1.52. The smallest absolute Gasteiger partial charge is 0.249 e. The topological polar surface area (TPSA) is 68.0 Å². The van der Waals surface area contributed by atoms with Crippen LogP contribution in [0.4, 0.5) is 0 Å². The molecule has 6 heteroatoms. The SMILES string of the molecule is O=C(CCc1nnc(-c2ccccc2Cl)o1)NC1CCCCCC1. The molecule has 0 bridgehead atoms. The second kappa shape index (κ2) is 8.29. The highest BCUT2D eigenvalue weighted by atomic mass is 35.5. The van der Waals surface area contributed by atoms with E-state index < -0.39 is 0 Å². The lowest BCUT2D eigenvalue weighted by molar-refractivity contribution is -0.121. The summed E-state index contributed by atoms with van der Waals surface area (Å²) >= 11 is 6.13. The Hall–Kier alpha value is -1.88. The summed E-state index contributed by atoms with van der Waals surface area (Å²) in [6.45, 7) is 0. The highest BCUT2D eigenvalue weighted by molar-refractivity contribution is 6.33. The molecule has 1 fully saturated rings. The second-order valence-corrected chi connectivity index (χ2v) is 6.64. The molecule has 1 aliphatic carbocycles. The van der Waals surface area contributed by atoms with Gasteiger partial charge in [0.2, 0.25) is 17.7 Å². The summed E-state index contributed by atoms with van der Waals surface area (Å²) in [6.07, 6.45) is 7.94. The monoisotopic (exact) mass is 347 g/mol. The average Bonchev–Trinajstić information content (AvgIpc) is 2.90. The Morgan fingerprint density at radius 2 is 1.92 bits per heavy atom. The van der Waals surface area contributed by atoms with Crippen LogP contribution in [0.25, 0.3) is 11.5 Å². The van der Waals surface area contributed by atoms with E-state index in [-0.39, 0.29) is 5.91 Å². The molecule has 0 aliphatic heterocycles. The number of halogens is 1. The van der Waals surface area contributed by atoms with Crippen LogP contribution in [-0.2, 0) is 11.2 Å². The Morgan fingerprint density at radius 1 is 1.17 bits per heavy atom. The quantitative estimate of drug-likeness (QED) is 0.824. The molecule has 0 atom stereocenters. The Bertz CT molecular complexity index is 678. The molecule has 1 aromatic heterocycles. The number of hydrogen-bond acceptors (Lipinski definition) is 4. The predicted octanol–water partition coefficient (Wildman–Crippen LogP) is 4.16. The molecule has 1 saturated carbocycles. The summed E-state index contributed by atoms with van der Waals surface area (Å²) in [5, 5.41) is 11.7. The molecule has 1 aromatic carbocycles. The van der Waals surface area contributed by atoms with Crippen LogP contribution in [0.2, 0.25) is 5.02 Å². The van der Waals surface area contributed by atoms with Gasteiger partial charge in [-0.3, -0.25) is 4.79 Å². The van der Waals surface area contributed by atoms with Gasteiger partial charge < -0.3 is 9.73 Å². The van der Waals surface area contributed by atoms with Crippen LogP contribution in [0, 0.1) is 0 Å². The summed E-state index contributed by atoms with van der Waals surface area (Å²) in [6, 6.07) is 7.65. The van der Waals surface area contributed by atoms with Gasteiger partial charge in [0.15, 0.2) is 0 Å². The van der Waals surface area contributed by atoms with E-state index in [0.29, 0.717) is 41.3 Å². The molecule has 2 aromatic rings. The maximum atomic E-state index is 12.1. The van der Waals surface area contributed by atoms with E-state index in [1.54, 1.807) is 6.07 Å². The first-order chi connectivity index (χ1) is 11.7. The highest BCUT2D eigenvalue weighted by Crippen LogP contribution is 2.26. The fourth-order valence-electron chi connectivity index (χ4n) is 3.04. The molecule has 1 heterocycles. The summed E-state index contributed by atoms with van der Waals surface area (Å²) in [4.78, 5) is 12.1. The van der Waals surface area contributed by atoms with Gasteiger partial charge in [-0.15, -0.1) is 10.2 Å². The Labute approximate surface area is 146 Å². The van der Waals surface area contributed by atoms with Gasteiger partial charge in [-0.05, 0) is 25.0 Å². The molecule has 3 rings (SSSR count). The van der Waals surface area contributed by atoms with Gasteiger partial charge in [-0.25, -0.2) is 0 Å². The molecular formula is C18H22ClN3O2. The number of rotatable bonds is 5. The van der Waals surface area contributed by atoms with Crippen molar-refractivity contribution in [3.05, 3.63) is 35.2 Å². The van der Waals surface area contributed by atoms with Crippen molar-refractivity contribution in [2.75, 3.05) is 0 Å². The van der Waals surface area contributed by atoms with E-state index in [2.05, 4.69) is 15.5 Å². The molecule has 0 unspecified atom stereocenters. The van der Waals surface area contributed by atoms with Crippen LogP contribution in [0.1, 0.15) is 50.8 Å². The standard InChI is InChI=1S/C18H22ClN3O2/c19-15-10-6-5-9-14(15)18-22-21-17(24-18)12-11-16(23)20-13-7-3-1-2-4-8-13/h5-6,9-10,13H,1-4,7-8,11-12H2,(H,20,23). The number of nitrogens with one attached hydrogen (secondary N) is 1. The number of aromatic nitrogens is 2. The molecule has 128 valence electrons. The third kappa shape index (κ3) is 4.57. The van der Waals surface area contributed by atoms with Crippen LogP contribution >= 0.6 is 11.6 Å². The third-order valence-electron chi connectivity index (χ3n) is 4.36. The zero-order valence-electron chi connectivity index (χ0n) is 13.6. The molecule has 0 saturated heterocycles. The normalized spacial score (nSPS) is 15.9. The fourth-order valence-corrected chi connectivity index (χ4v) is 3.26. The molecule has 1 N–H and O–H groups in total. The minimum absolute atomic E-state index is 0.0550. The average molecular weight is 348 g/mol. The van der Waals surface area contributed by atoms with Crippen molar-refractivity contribution in [3.63, 3.8) is 0 Å². The Morgan fingerprint density at radius 3 is 2.67 bits per heavy atom. The van der Waals surface area contributed by atoms with Crippen molar-refractivity contribution in [2.45, 2.75) is 57.4 Å². The van der Waals surface area contributed by atoms with E-state index in [9.17, 15) is 4.79 Å². The first-order valence-electron chi connectivity index (χ1n) is 8.59. The highest BCUT2D eigenvalue weighted by Gasteiger charge is 2.16. The summed E-state index contributed by atoms with van der Waals surface area (Å²) in [7, 11) is 0. The fraction of sp³-hybridized carbons (Fsp3) is 0.500. The van der Waals surface area contributed by atoms with E-state index >= 15 is 0 Å². The molecule has 1 aliphatic rings. The largest absolute Gasteiger partial charge is 0.421 e. The zero-order valence-corrected chi connectivity index (χ0v) is 14.4. The first-order valence-corrected chi connectivity index (χ1v) is 8.97. The number of amides is 1. The van der Waals surface area contributed by atoms with Gasteiger partial charge in [-0.1, -0.05) is 49.4 Å². The van der Waals surface area contributed by atoms with Crippen molar-refractivity contribution < 1.29 is 9.21 Å². The number of nitrogens with zero attached hydrogens (tertiary/aromatic N) is 2. The first kappa shape index (κ1) is 17.0. The second-order valence-electron chi connectivity index (χ2n) is 6.24. The minimum Gasteiger partial charge on any atom is -0.421 e. The van der Waals surface area contributed by atoms with E-state index in [1.165, 1.54) is 25.7 Å². The zero-order chi connectivity index (χ0) is 16.8. The van der Waals surface area contributed by atoms with E-state index in [0.717, 1.165) is 12.8 Å². The molecule has 24 heavy (non-hydrogen) atoms. The van der Waals surface area contributed by atoms with Gasteiger partial charge in [-0.2, -0.15) is 0 Å². The lowest BCUT2D eigenvalue weighted by atomic mass is 10.1. The van der Waals surface area contributed by atoms with Crippen LogP contribution in [0.5, 0.6) is 0 Å². The molecular weight excluding hydrogens is 326 g/mol. The van der Waals surface area contributed by atoms with E-state index in [1.807, 2.05) is 18.2 Å². The maximum Gasteiger partial charge on any atom is 0.249 e. The molecule has 0 radical (unpaired) electrons. The van der Waals surface area contributed by atoms with Crippen LogP contribution in [0.15, 0.2) is 28.7 Å². The minimum atomic E-state index is 0.0550. The van der Waals surface area contributed by atoms with Crippen LogP contribution < -0.4 is 5.32 Å². The van der Waals surface area contributed by atoms with Gasteiger partial charge in [0.1, 0.15) is 0 Å². The summed E-state index contributed by atoms with van der Waals surface area (Å²) < 4.78 is 5.62. The van der Waals surface area contributed by atoms with Crippen molar-refractivity contribution >= 4 is 17.5 Å². The summed E-state index contributed by atoms with van der Waals surface area (Å²) in [5.74, 6) is 0.903. The van der Waals surface area contributed by atoms with Crippen LogP contribution in [-0.4, -0.2) is 22.1 Å².